The predicted octanol–water partition coefficient (Wildman–Crippen LogP) is -0.134. The smallest absolute Gasteiger partial charge is 0.326 e. The molecule has 33 heavy (non-hydrogen) atoms. The fourth-order valence-electron chi connectivity index (χ4n) is 3.19. The number of amides is 4. The van der Waals surface area contributed by atoms with Crippen molar-refractivity contribution in [2.24, 2.45) is 29.2 Å². The zero-order chi connectivity index (χ0) is 25.9. The Morgan fingerprint density at radius 1 is 0.758 bits per heavy atom. The predicted molar refractivity (Wildman–Crippen MR) is 124 cm³/mol. The summed E-state index contributed by atoms with van der Waals surface area (Å²) in [5.41, 5.74) is 11.0. The van der Waals surface area contributed by atoms with Crippen LogP contribution in [0.4, 0.5) is 0 Å². The standard InChI is InChI=1S/C22H41N5O6/c1-11(2)9-14(23)19(29)26-16(10-12(3)4)20(30)27-18(13(5)6)21(31)25-15(22(32)33)7-8-17(24)28/h11-16,18H,7-10,23H2,1-6H3,(H2,24,28)(H,25,31)(H,26,29)(H,27,30)(H,32,33). The van der Waals surface area contributed by atoms with E-state index in [9.17, 15) is 29.1 Å². The first-order valence-electron chi connectivity index (χ1n) is 11.3. The van der Waals surface area contributed by atoms with Gasteiger partial charge in [0.05, 0.1) is 6.04 Å². The summed E-state index contributed by atoms with van der Waals surface area (Å²) in [5.74, 6) is -3.83. The van der Waals surface area contributed by atoms with Crippen LogP contribution in [0.2, 0.25) is 0 Å². The molecule has 8 N–H and O–H groups in total. The minimum absolute atomic E-state index is 0.0684. The quantitative estimate of drug-likeness (QED) is 0.191. The lowest BCUT2D eigenvalue weighted by molar-refractivity contribution is -0.143. The highest BCUT2D eigenvalue weighted by atomic mass is 16.4. The van der Waals surface area contributed by atoms with Crippen molar-refractivity contribution >= 4 is 29.6 Å². The van der Waals surface area contributed by atoms with Crippen molar-refractivity contribution < 1.29 is 29.1 Å². The van der Waals surface area contributed by atoms with E-state index in [1.54, 1.807) is 13.8 Å². The number of carboxylic acid groups (broad SMARTS) is 1. The highest BCUT2D eigenvalue weighted by molar-refractivity contribution is 5.94. The van der Waals surface area contributed by atoms with E-state index in [-0.39, 0.29) is 30.6 Å². The van der Waals surface area contributed by atoms with Crippen LogP contribution in [0.3, 0.4) is 0 Å². The molecule has 0 fully saturated rings. The van der Waals surface area contributed by atoms with Crippen LogP contribution < -0.4 is 27.4 Å². The Morgan fingerprint density at radius 2 is 1.27 bits per heavy atom. The van der Waals surface area contributed by atoms with Crippen molar-refractivity contribution in [3.8, 4) is 0 Å². The molecule has 190 valence electrons. The van der Waals surface area contributed by atoms with Gasteiger partial charge in [0.2, 0.25) is 23.6 Å². The first kappa shape index (κ1) is 30.3. The SMILES string of the molecule is CC(C)CC(N)C(=O)NC(CC(C)C)C(=O)NC(C(=O)NC(CCC(N)=O)C(=O)O)C(C)C. The van der Waals surface area contributed by atoms with Gasteiger partial charge in [-0.3, -0.25) is 19.2 Å². The summed E-state index contributed by atoms with van der Waals surface area (Å²) >= 11 is 0. The van der Waals surface area contributed by atoms with Gasteiger partial charge in [-0.15, -0.1) is 0 Å². The van der Waals surface area contributed by atoms with E-state index in [1.165, 1.54) is 0 Å². The van der Waals surface area contributed by atoms with Crippen molar-refractivity contribution in [3.63, 3.8) is 0 Å². The summed E-state index contributed by atoms with van der Waals surface area (Å²) < 4.78 is 0. The van der Waals surface area contributed by atoms with Crippen LogP contribution in [0.5, 0.6) is 0 Å². The zero-order valence-electron chi connectivity index (χ0n) is 20.5. The maximum Gasteiger partial charge on any atom is 0.326 e. The molecule has 0 aromatic carbocycles. The fourth-order valence-corrected chi connectivity index (χ4v) is 3.19. The molecule has 0 aromatic rings. The lowest BCUT2D eigenvalue weighted by atomic mass is 9.98. The minimum atomic E-state index is -1.33. The summed E-state index contributed by atoms with van der Waals surface area (Å²) in [7, 11) is 0. The Labute approximate surface area is 195 Å². The topological polar surface area (TPSA) is 194 Å². The molecular formula is C22H41N5O6. The van der Waals surface area contributed by atoms with Crippen LogP contribution in [-0.4, -0.2) is 58.9 Å². The van der Waals surface area contributed by atoms with E-state index in [0.29, 0.717) is 12.8 Å². The number of carbonyl (C=O) groups excluding carboxylic acids is 4. The van der Waals surface area contributed by atoms with Crippen LogP contribution in [-0.2, 0) is 24.0 Å². The molecule has 0 rings (SSSR count). The van der Waals surface area contributed by atoms with Gasteiger partial charge in [0.25, 0.3) is 0 Å². The van der Waals surface area contributed by atoms with E-state index in [4.69, 9.17) is 11.5 Å². The second kappa shape index (κ2) is 14.5. The molecule has 0 saturated carbocycles. The first-order valence-corrected chi connectivity index (χ1v) is 11.3. The second-order valence-electron chi connectivity index (χ2n) is 9.56. The summed E-state index contributed by atoms with van der Waals surface area (Å²) in [5, 5.41) is 17.0. The van der Waals surface area contributed by atoms with Crippen molar-refractivity contribution in [2.45, 2.75) is 91.4 Å². The van der Waals surface area contributed by atoms with Gasteiger partial charge < -0.3 is 32.5 Å². The maximum absolute atomic E-state index is 13.0. The average molecular weight is 472 g/mol. The number of carbonyl (C=O) groups is 5. The number of nitrogens with two attached hydrogens (primary N) is 2. The van der Waals surface area contributed by atoms with Crippen molar-refractivity contribution in [1.82, 2.24) is 16.0 Å². The monoisotopic (exact) mass is 471 g/mol. The summed E-state index contributed by atoms with van der Waals surface area (Å²) in [6, 6.07) is -4.06. The third-order valence-corrected chi connectivity index (χ3v) is 4.94. The van der Waals surface area contributed by atoms with Crippen LogP contribution >= 0.6 is 0 Å². The molecule has 11 heteroatoms. The lowest BCUT2D eigenvalue weighted by Gasteiger charge is -2.28. The molecule has 4 unspecified atom stereocenters. The Morgan fingerprint density at radius 3 is 1.70 bits per heavy atom. The lowest BCUT2D eigenvalue weighted by Crippen LogP contribution is -2.58. The third-order valence-electron chi connectivity index (χ3n) is 4.94. The van der Waals surface area contributed by atoms with E-state index < -0.39 is 53.8 Å². The zero-order valence-corrected chi connectivity index (χ0v) is 20.5. The average Bonchev–Trinajstić information content (AvgIpc) is 2.66. The molecule has 4 amide bonds. The number of hydrogen-bond donors (Lipinski definition) is 6. The van der Waals surface area contributed by atoms with Gasteiger partial charge in [-0.25, -0.2) is 4.79 Å². The number of hydrogen-bond acceptors (Lipinski definition) is 6. The normalized spacial score (nSPS) is 15.0. The Hall–Kier alpha value is -2.69. The molecule has 4 atom stereocenters. The molecule has 0 saturated heterocycles. The van der Waals surface area contributed by atoms with Crippen molar-refractivity contribution in [2.75, 3.05) is 0 Å². The van der Waals surface area contributed by atoms with Gasteiger partial charge in [0.15, 0.2) is 0 Å². The van der Waals surface area contributed by atoms with Gasteiger partial charge in [-0.05, 0) is 37.0 Å². The Kier molecular flexibility index (Phi) is 13.3. The fraction of sp³-hybridized carbons (Fsp3) is 0.773. The number of rotatable bonds is 15. The van der Waals surface area contributed by atoms with E-state index in [1.807, 2.05) is 27.7 Å². The van der Waals surface area contributed by atoms with E-state index in [0.717, 1.165) is 0 Å². The van der Waals surface area contributed by atoms with Crippen LogP contribution in [0.25, 0.3) is 0 Å². The Bertz CT molecular complexity index is 695. The first-order chi connectivity index (χ1) is 15.1. The third kappa shape index (κ3) is 12.2. The number of carboxylic acids is 1. The number of primary amides is 1. The molecule has 0 aromatic heterocycles. The van der Waals surface area contributed by atoms with Crippen molar-refractivity contribution in [1.29, 1.82) is 0 Å². The van der Waals surface area contributed by atoms with E-state index in [2.05, 4.69) is 16.0 Å². The maximum atomic E-state index is 13.0. The van der Waals surface area contributed by atoms with Crippen LogP contribution in [0.1, 0.15) is 67.2 Å². The van der Waals surface area contributed by atoms with Crippen LogP contribution in [0.15, 0.2) is 0 Å². The van der Waals surface area contributed by atoms with Crippen LogP contribution in [0, 0.1) is 17.8 Å². The van der Waals surface area contributed by atoms with Gasteiger partial charge in [-0.1, -0.05) is 41.5 Å². The highest BCUT2D eigenvalue weighted by Gasteiger charge is 2.32. The molecule has 0 radical (unpaired) electrons. The summed E-state index contributed by atoms with van der Waals surface area (Å²) in [4.78, 5) is 60.6. The highest BCUT2D eigenvalue weighted by Crippen LogP contribution is 2.10. The summed E-state index contributed by atoms with van der Waals surface area (Å²) in [6.45, 7) is 11.0. The number of nitrogens with one attached hydrogen (secondary N) is 3. The molecule has 0 spiro atoms. The second-order valence-corrected chi connectivity index (χ2v) is 9.56. The minimum Gasteiger partial charge on any atom is -0.480 e. The largest absolute Gasteiger partial charge is 0.480 e. The molecule has 11 nitrogen and oxygen atoms in total. The molecular weight excluding hydrogens is 430 g/mol. The van der Waals surface area contributed by atoms with E-state index >= 15 is 0 Å². The van der Waals surface area contributed by atoms with Gasteiger partial charge in [0.1, 0.15) is 18.1 Å². The molecule has 0 aliphatic heterocycles. The number of aliphatic carboxylic acids is 1. The van der Waals surface area contributed by atoms with Gasteiger partial charge in [0, 0.05) is 6.42 Å². The summed E-state index contributed by atoms with van der Waals surface area (Å²) in [6.07, 6.45) is 0.402. The molecule has 0 bridgehead atoms. The Balaban J connectivity index is 5.41. The van der Waals surface area contributed by atoms with Crippen molar-refractivity contribution in [3.05, 3.63) is 0 Å². The molecule has 0 heterocycles. The van der Waals surface area contributed by atoms with Gasteiger partial charge in [-0.2, -0.15) is 0 Å². The molecule has 0 aliphatic carbocycles. The van der Waals surface area contributed by atoms with Gasteiger partial charge >= 0.3 is 5.97 Å². The molecule has 0 aliphatic rings.